The Morgan fingerprint density at radius 2 is 2.17 bits per heavy atom. The fourth-order valence-corrected chi connectivity index (χ4v) is 2.79. The molecule has 2 rings (SSSR count). The normalized spacial score (nSPS) is 19.2. The first kappa shape index (κ1) is 16.0. The van der Waals surface area contributed by atoms with Crippen LogP contribution < -0.4 is 10.1 Å². The third kappa shape index (κ3) is 3.11. The van der Waals surface area contributed by atoms with Crippen LogP contribution in [0, 0.1) is 0 Å². The van der Waals surface area contributed by atoms with Gasteiger partial charge in [0.05, 0.1) is 30.8 Å². The predicted molar refractivity (Wildman–Crippen MR) is 78.9 cm³/mol. The van der Waals surface area contributed by atoms with Crippen molar-refractivity contribution in [2.45, 2.75) is 6.04 Å². The number of halogens is 3. The van der Waals surface area contributed by atoms with Crippen molar-refractivity contribution in [1.82, 2.24) is 5.32 Å². The van der Waals surface area contributed by atoms with Crippen molar-refractivity contribution < 1.29 is 14.6 Å². The third-order valence-electron chi connectivity index (χ3n) is 2.69. The molecule has 102 valence electrons. The molecule has 2 N–H and O–H groups in total. The summed E-state index contributed by atoms with van der Waals surface area (Å²) in [5, 5.41) is 13.2. The lowest BCUT2D eigenvalue weighted by Gasteiger charge is -2.26. The van der Waals surface area contributed by atoms with Gasteiger partial charge in [-0.05, 0) is 43.5 Å². The topological polar surface area (TPSA) is 50.7 Å². The number of benzene rings is 1. The number of nitrogens with one attached hydrogen (secondary N) is 1. The van der Waals surface area contributed by atoms with Crippen molar-refractivity contribution in [2.75, 3.05) is 26.9 Å². The first-order valence-corrected chi connectivity index (χ1v) is 6.79. The van der Waals surface area contributed by atoms with Crippen LogP contribution in [0.4, 0.5) is 0 Å². The molecule has 0 bridgehead atoms. The lowest BCUT2D eigenvalue weighted by Crippen LogP contribution is -2.34. The Labute approximate surface area is 129 Å². The van der Waals surface area contributed by atoms with E-state index in [1.807, 2.05) is 6.07 Å². The molecule has 1 aromatic carbocycles. The highest BCUT2D eigenvalue weighted by atomic mass is 79.9. The van der Waals surface area contributed by atoms with Crippen LogP contribution in [0.25, 0.3) is 0 Å². The summed E-state index contributed by atoms with van der Waals surface area (Å²) in [5.41, 5.74) is 1.01. The molecule has 4 nitrogen and oxygen atoms in total. The number of hydrogen-bond donors (Lipinski definition) is 2. The molecule has 0 radical (unpaired) electrons. The number of hydrogen-bond acceptors (Lipinski definition) is 4. The molecule has 0 saturated carbocycles. The zero-order valence-corrected chi connectivity index (χ0v) is 13.7. The van der Waals surface area contributed by atoms with E-state index >= 15 is 0 Å². The van der Waals surface area contributed by atoms with Crippen molar-refractivity contribution in [3.05, 3.63) is 20.6 Å². The minimum Gasteiger partial charge on any atom is -0.503 e. The summed E-state index contributed by atoms with van der Waals surface area (Å²) < 4.78 is 12.0. The molecule has 1 aromatic rings. The van der Waals surface area contributed by atoms with E-state index < -0.39 is 0 Å². The fourth-order valence-electron chi connectivity index (χ4n) is 1.79. The molecule has 1 heterocycles. The number of phenolic OH excluding ortho intramolecular Hbond substituents is 1. The first-order chi connectivity index (χ1) is 8.15. The van der Waals surface area contributed by atoms with Crippen LogP contribution in [0.5, 0.6) is 11.5 Å². The highest BCUT2D eigenvalue weighted by Crippen LogP contribution is 2.43. The number of phenols is 1. The lowest BCUT2D eigenvalue weighted by atomic mass is 10.1. The molecule has 7 heteroatoms. The van der Waals surface area contributed by atoms with Crippen LogP contribution in [0.2, 0.25) is 0 Å². The van der Waals surface area contributed by atoms with Crippen molar-refractivity contribution in [2.24, 2.45) is 0 Å². The van der Waals surface area contributed by atoms with E-state index in [4.69, 9.17) is 9.47 Å². The molecule has 1 atom stereocenters. The zero-order valence-electron chi connectivity index (χ0n) is 9.70. The summed E-state index contributed by atoms with van der Waals surface area (Å²) in [4.78, 5) is 0. The summed E-state index contributed by atoms with van der Waals surface area (Å²) in [6, 6.07) is 1.92. The maximum atomic E-state index is 9.85. The van der Waals surface area contributed by atoms with Crippen molar-refractivity contribution in [1.29, 1.82) is 0 Å². The fraction of sp³-hybridized carbons (Fsp3) is 0.455. The quantitative estimate of drug-likeness (QED) is 0.797. The van der Waals surface area contributed by atoms with Gasteiger partial charge in [-0.3, -0.25) is 0 Å². The van der Waals surface area contributed by atoms with Crippen molar-refractivity contribution in [3.8, 4) is 11.5 Å². The van der Waals surface area contributed by atoms with Gasteiger partial charge in [0.2, 0.25) is 0 Å². The van der Waals surface area contributed by atoms with Crippen LogP contribution in [-0.4, -0.2) is 32.0 Å². The molecular weight excluding hydrogens is 389 g/mol. The monoisotopic (exact) mass is 401 g/mol. The van der Waals surface area contributed by atoms with Crippen LogP contribution >= 0.6 is 44.3 Å². The summed E-state index contributed by atoms with van der Waals surface area (Å²) in [6.07, 6.45) is 0. The highest BCUT2D eigenvalue weighted by molar-refractivity contribution is 9.13. The molecule has 0 spiro atoms. The summed E-state index contributed by atoms with van der Waals surface area (Å²) in [7, 11) is 1.53. The van der Waals surface area contributed by atoms with Gasteiger partial charge < -0.3 is 19.9 Å². The standard InChI is InChI=1S/C11H13Br2NO3.ClH/c1-16-8-4-6(7-5-17-3-2-14-7)9(12)10(13)11(8)15;/h4,7,14-15H,2-3,5H2,1H3;1H/t7-;/m0./s1. The number of rotatable bonds is 2. The Balaban J connectivity index is 0.00000162. The summed E-state index contributed by atoms with van der Waals surface area (Å²) in [5.74, 6) is 0.544. The van der Waals surface area contributed by atoms with Gasteiger partial charge in [0.25, 0.3) is 0 Å². The average Bonchev–Trinajstić information content (AvgIpc) is 2.37. The van der Waals surface area contributed by atoms with Crippen molar-refractivity contribution >= 4 is 44.3 Å². The first-order valence-electron chi connectivity index (χ1n) is 5.21. The number of morpholine rings is 1. The van der Waals surface area contributed by atoms with E-state index in [0.717, 1.165) is 23.2 Å². The molecule has 0 amide bonds. The molecule has 1 saturated heterocycles. The average molecular weight is 403 g/mol. The van der Waals surface area contributed by atoms with E-state index in [1.165, 1.54) is 7.11 Å². The second kappa shape index (κ2) is 6.96. The lowest BCUT2D eigenvalue weighted by molar-refractivity contribution is 0.0765. The predicted octanol–water partition coefficient (Wildman–Crippen LogP) is 3.01. The highest BCUT2D eigenvalue weighted by Gasteiger charge is 2.22. The molecule has 18 heavy (non-hydrogen) atoms. The molecule has 1 aliphatic heterocycles. The Morgan fingerprint density at radius 1 is 1.44 bits per heavy atom. The van der Waals surface area contributed by atoms with E-state index in [2.05, 4.69) is 37.2 Å². The van der Waals surface area contributed by atoms with Gasteiger partial charge in [0.1, 0.15) is 0 Å². The molecule has 1 fully saturated rings. The van der Waals surface area contributed by atoms with E-state index in [1.54, 1.807) is 0 Å². The summed E-state index contributed by atoms with van der Waals surface area (Å²) >= 11 is 6.81. The van der Waals surface area contributed by atoms with Gasteiger partial charge >= 0.3 is 0 Å². The smallest absolute Gasteiger partial charge is 0.173 e. The van der Waals surface area contributed by atoms with Crippen LogP contribution in [-0.2, 0) is 4.74 Å². The maximum absolute atomic E-state index is 9.85. The van der Waals surface area contributed by atoms with Gasteiger partial charge in [-0.1, -0.05) is 0 Å². The van der Waals surface area contributed by atoms with Gasteiger partial charge in [-0.15, -0.1) is 12.4 Å². The number of methoxy groups -OCH3 is 1. The minimum absolute atomic E-state index is 0. The minimum atomic E-state index is 0. The van der Waals surface area contributed by atoms with Gasteiger partial charge in [0.15, 0.2) is 11.5 Å². The van der Waals surface area contributed by atoms with E-state index in [-0.39, 0.29) is 24.2 Å². The molecule has 0 aliphatic carbocycles. The Kier molecular flexibility index (Phi) is 6.20. The Bertz CT molecular complexity index is 425. The SMILES string of the molecule is COc1cc([C@@H]2COCCN2)c(Br)c(Br)c1O.Cl. The van der Waals surface area contributed by atoms with Crippen LogP contribution in [0.3, 0.4) is 0 Å². The van der Waals surface area contributed by atoms with Gasteiger partial charge in [-0.25, -0.2) is 0 Å². The molecule has 0 aromatic heterocycles. The second-order valence-electron chi connectivity index (χ2n) is 3.73. The maximum Gasteiger partial charge on any atom is 0.173 e. The van der Waals surface area contributed by atoms with Crippen molar-refractivity contribution in [3.63, 3.8) is 0 Å². The third-order valence-corrected chi connectivity index (χ3v) is 4.85. The van der Waals surface area contributed by atoms with Gasteiger partial charge in [0, 0.05) is 11.0 Å². The summed E-state index contributed by atoms with van der Waals surface area (Å²) in [6.45, 7) is 2.15. The number of aromatic hydroxyl groups is 1. The van der Waals surface area contributed by atoms with E-state index in [0.29, 0.717) is 16.8 Å². The Morgan fingerprint density at radius 3 is 2.72 bits per heavy atom. The Hall–Kier alpha value is -0.0100. The number of ether oxygens (including phenoxy) is 2. The van der Waals surface area contributed by atoms with Crippen LogP contribution in [0.1, 0.15) is 11.6 Å². The van der Waals surface area contributed by atoms with Gasteiger partial charge in [-0.2, -0.15) is 0 Å². The molecular formula is C11H14Br2ClNO3. The van der Waals surface area contributed by atoms with Crippen LogP contribution in [0.15, 0.2) is 15.0 Å². The molecule has 1 aliphatic rings. The molecule has 0 unspecified atom stereocenters. The second-order valence-corrected chi connectivity index (χ2v) is 5.31. The largest absolute Gasteiger partial charge is 0.503 e. The van der Waals surface area contributed by atoms with E-state index in [9.17, 15) is 5.11 Å². The zero-order chi connectivity index (χ0) is 12.4.